The van der Waals surface area contributed by atoms with Gasteiger partial charge in [0.2, 0.25) is 0 Å². The summed E-state index contributed by atoms with van der Waals surface area (Å²) >= 11 is 9.98. The van der Waals surface area contributed by atoms with Gasteiger partial charge in [0.15, 0.2) is 0 Å². The van der Waals surface area contributed by atoms with Crippen molar-refractivity contribution in [1.82, 2.24) is 10.4 Å². The Morgan fingerprint density at radius 1 is 1.10 bits per heavy atom. The van der Waals surface area contributed by atoms with Crippen LogP contribution in [0.1, 0.15) is 37.8 Å². The van der Waals surface area contributed by atoms with Crippen molar-refractivity contribution in [3.8, 4) is 0 Å². The van der Waals surface area contributed by atoms with Gasteiger partial charge >= 0.3 is 0 Å². The van der Waals surface area contributed by atoms with E-state index in [1.54, 1.807) is 0 Å². The number of carbonyl (C=O) groups excluding carboxylic acids is 1. The van der Waals surface area contributed by atoms with E-state index in [0.717, 1.165) is 41.7 Å². The molecule has 2 heterocycles. The number of nitrogens with zero attached hydrogens (tertiary/aromatic N) is 3. The highest BCUT2D eigenvalue weighted by atomic mass is 79.9. The maximum Gasteiger partial charge on any atom is 0.282 e. The SMILES string of the molecule is C[C@@H]1C(C(=O)NN2CCCCC2)=NN(c2ccccc2Cl)[C@@H]1c1ccc(Br)cc1. The molecule has 2 aromatic carbocycles. The van der Waals surface area contributed by atoms with Gasteiger partial charge < -0.3 is 0 Å². The van der Waals surface area contributed by atoms with Crippen LogP contribution in [0.4, 0.5) is 5.69 Å². The van der Waals surface area contributed by atoms with Gasteiger partial charge in [0.05, 0.1) is 16.8 Å². The van der Waals surface area contributed by atoms with Gasteiger partial charge in [0.1, 0.15) is 5.71 Å². The zero-order valence-corrected chi connectivity index (χ0v) is 18.7. The van der Waals surface area contributed by atoms with Crippen molar-refractivity contribution >= 4 is 44.8 Å². The van der Waals surface area contributed by atoms with E-state index in [1.807, 2.05) is 46.4 Å². The van der Waals surface area contributed by atoms with E-state index in [-0.39, 0.29) is 17.9 Å². The number of hydrazine groups is 1. The number of hydrogen-bond donors (Lipinski definition) is 1. The second-order valence-corrected chi connectivity index (χ2v) is 8.88. The van der Waals surface area contributed by atoms with Crippen molar-refractivity contribution < 1.29 is 4.79 Å². The summed E-state index contributed by atoms with van der Waals surface area (Å²) in [5.41, 5.74) is 5.48. The van der Waals surface area contributed by atoms with Crippen LogP contribution in [0.2, 0.25) is 5.02 Å². The first-order valence-electron chi connectivity index (χ1n) is 9.98. The van der Waals surface area contributed by atoms with E-state index in [2.05, 4.69) is 40.4 Å². The number of carbonyl (C=O) groups is 1. The van der Waals surface area contributed by atoms with Crippen LogP contribution in [0.15, 0.2) is 58.1 Å². The van der Waals surface area contributed by atoms with E-state index < -0.39 is 0 Å². The average Bonchev–Trinajstić information content (AvgIpc) is 3.07. The average molecular weight is 476 g/mol. The summed E-state index contributed by atoms with van der Waals surface area (Å²) in [4.78, 5) is 13.1. The fourth-order valence-corrected chi connectivity index (χ4v) is 4.51. The fraction of sp³-hybridized carbons (Fsp3) is 0.364. The second-order valence-electron chi connectivity index (χ2n) is 7.55. The van der Waals surface area contributed by atoms with Crippen LogP contribution in [-0.2, 0) is 4.79 Å². The van der Waals surface area contributed by atoms with Crippen LogP contribution in [0, 0.1) is 5.92 Å². The lowest BCUT2D eigenvalue weighted by Gasteiger charge is -2.28. The zero-order chi connectivity index (χ0) is 20.4. The summed E-state index contributed by atoms with van der Waals surface area (Å²) < 4.78 is 1.01. The van der Waals surface area contributed by atoms with E-state index in [1.165, 1.54) is 6.42 Å². The molecule has 1 saturated heterocycles. The first kappa shape index (κ1) is 20.4. The van der Waals surface area contributed by atoms with Crippen LogP contribution in [0.25, 0.3) is 0 Å². The molecule has 7 heteroatoms. The van der Waals surface area contributed by atoms with Crippen molar-refractivity contribution in [2.45, 2.75) is 32.2 Å². The molecule has 1 amide bonds. The molecule has 2 atom stereocenters. The predicted molar refractivity (Wildman–Crippen MR) is 121 cm³/mol. The minimum Gasteiger partial charge on any atom is -0.284 e. The number of hydrogen-bond acceptors (Lipinski definition) is 4. The molecule has 152 valence electrons. The number of halogens is 2. The molecule has 0 aliphatic carbocycles. The first-order valence-corrected chi connectivity index (χ1v) is 11.2. The van der Waals surface area contributed by atoms with Crippen molar-refractivity contribution in [2.24, 2.45) is 11.0 Å². The van der Waals surface area contributed by atoms with Gasteiger partial charge in [0, 0.05) is 23.5 Å². The molecule has 0 aromatic heterocycles. The van der Waals surface area contributed by atoms with Crippen LogP contribution in [-0.4, -0.2) is 29.7 Å². The molecule has 0 unspecified atom stereocenters. The molecule has 4 rings (SSSR count). The molecule has 29 heavy (non-hydrogen) atoms. The monoisotopic (exact) mass is 474 g/mol. The summed E-state index contributed by atoms with van der Waals surface area (Å²) in [5.74, 6) is -0.215. The molecule has 1 fully saturated rings. The Bertz CT molecular complexity index is 911. The standard InChI is InChI=1S/C22H24BrClN4O/c1-15-20(22(29)26-27-13-5-2-6-14-27)25-28(19-8-4-3-7-18(19)24)21(15)16-9-11-17(23)12-10-16/h3-4,7-12,15,21H,2,5-6,13-14H2,1H3,(H,26,29)/t15-,21+/m1/s1. The fourth-order valence-electron chi connectivity index (χ4n) is 4.02. The third-order valence-electron chi connectivity index (χ3n) is 5.54. The van der Waals surface area contributed by atoms with Crippen LogP contribution in [0.3, 0.4) is 0 Å². The summed E-state index contributed by atoms with van der Waals surface area (Å²) in [6.45, 7) is 3.83. The van der Waals surface area contributed by atoms with Crippen molar-refractivity contribution in [2.75, 3.05) is 18.1 Å². The summed E-state index contributed by atoms with van der Waals surface area (Å²) in [6, 6.07) is 15.7. The number of benzene rings is 2. The Labute approximate surface area is 184 Å². The van der Waals surface area contributed by atoms with Gasteiger partial charge in [-0.15, -0.1) is 0 Å². The molecule has 2 aliphatic heterocycles. The van der Waals surface area contributed by atoms with Gasteiger partial charge in [-0.3, -0.25) is 15.2 Å². The number of rotatable bonds is 4. The normalized spacial score (nSPS) is 22.4. The molecule has 0 radical (unpaired) electrons. The van der Waals surface area contributed by atoms with E-state index >= 15 is 0 Å². The maximum absolute atomic E-state index is 13.1. The number of hydrazone groups is 1. The van der Waals surface area contributed by atoms with Gasteiger partial charge in [-0.25, -0.2) is 5.01 Å². The number of anilines is 1. The molecule has 0 saturated carbocycles. The van der Waals surface area contributed by atoms with Gasteiger partial charge in [-0.05, 0) is 42.7 Å². The first-order chi connectivity index (χ1) is 14.0. The number of piperidine rings is 1. The summed E-state index contributed by atoms with van der Waals surface area (Å²) in [7, 11) is 0. The Balaban J connectivity index is 1.66. The highest BCUT2D eigenvalue weighted by Gasteiger charge is 2.40. The minimum atomic E-state index is -0.129. The van der Waals surface area contributed by atoms with Crippen LogP contribution < -0.4 is 10.4 Å². The highest BCUT2D eigenvalue weighted by Crippen LogP contribution is 2.41. The number of amides is 1. The Morgan fingerprint density at radius 2 is 1.79 bits per heavy atom. The molecule has 2 aliphatic rings. The van der Waals surface area contributed by atoms with Crippen LogP contribution >= 0.6 is 27.5 Å². The van der Waals surface area contributed by atoms with E-state index in [4.69, 9.17) is 16.7 Å². The smallest absolute Gasteiger partial charge is 0.282 e. The lowest BCUT2D eigenvalue weighted by Crippen LogP contribution is -2.48. The lowest BCUT2D eigenvalue weighted by atomic mass is 9.91. The Morgan fingerprint density at radius 3 is 2.48 bits per heavy atom. The van der Waals surface area contributed by atoms with E-state index in [0.29, 0.717) is 10.7 Å². The molecular weight excluding hydrogens is 452 g/mol. The lowest BCUT2D eigenvalue weighted by molar-refractivity contribution is -0.120. The van der Waals surface area contributed by atoms with Crippen LogP contribution in [0.5, 0.6) is 0 Å². The topological polar surface area (TPSA) is 47.9 Å². The Hall–Kier alpha value is -1.89. The van der Waals surface area contributed by atoms with Gasteiger partial charge in [0.25, 0.3) is 5.91 Å². The third kappa shape index (κ3) is 4.34. The quantitative estimate of drug-likeness (QED) is 0.663. The summed E-state index contributed by atoms with van der Waals surface area (Å²) in [5, 5.41) is 9.27. The van der Waals surface area contributed by atoms with Crippen molar-refractivity contribution in [3.05, 3.63) is 63.6 Å². The Kier molecular flexibility index (Phi) is 6.23. The molecular formula is C22H24BrClN4O. The number of para-hydroxylation sites is 1. The van der Waals surface area contributed by atoms with Gasteiger partial charge in [-0.2, -0.15) is 5.10 Å². The van der Waals surface area contributed by atoms with Gasteiger partial charge in [-0.1, -0.05) is 65.1 Å². The van der Waals surface area contributed by atoms with Crippen molar-refractivity contribution in [3.63, 3.8) is 0 Å². The largest absolute Gasteiger partial charge is 0.284 e. The van der Waals surface area contributed by atoms with E-state index in [9.17, 15) is 4.79 Å². The molecule has 2 aromatic rings. The predicted octanol–water partition coefficient (Wildman–Crippen LogP) is 5.17. The van der Waals surface area contributed by atoms with Crippen molar-refractivity contribution in [1.29, 1.82) is 0 Å². The zero-order valence-electron chi connectivity index (χ0n) is 16.3. The summed E-state index contributed by atoms with van der Waals surface area (Å²) in [6.07, 6.45) is 3.43. The molecule has 0 bridgehead atoms. The third-order valence-corrected chi connectivity index (χ3v) is 6.39. The molecule has 5 nitrogen and oxygen atoms in total. The number of nitrogens with one attached hydrogen (secondary N) is 1. The molecule has 0 spiro atoms. The maximum atomic E-state index is 13.1. The second kappa shape index (κ2) is 8.86. The molecule has 1 N–H and O–H groups in total. The highest BCUT2D eigenvalue weighted by molar-refractivity contribution is 9.10. The minimum absolute atomic E-state index is 0.0859.